The molecule has 182 valence electrons. The van der Waals surface area contributed by atoms with Crippen molar-refractivity contribution >= 4 is 50.7 Å². The number of nitrogens with zero attached hydrogens (tertiary/aromatic N) is 1. The second-order valence-electron chi connectivity index (χ2n) is 8.86. The third kappa shape index (κ3) is 5.02. The first kappa shape index (κ1) is 23.8. The molecule has 7 heteroatoms. The van der Waals surface area contributed by atoms with Crippen LogP contribution in [0, 0.1) is 0 Å². The van der Waals surface area contributed by atoms with Gasteiger partial charge >= 0.3 is 0 Å². The van der Waals surface area contributed by atoms with Crippen LogP contribution in [0.2, 0.25) is 0 Å². The summed E-state index contributed by atoms with van der Waals surface area (Å²) in [6.07, 6.45) is 8.78. The minimum Gasteiger partial charge on any atom is -0.497 e. The van der Waals surface area contributed by atoms with E-state index in [0.717, 1.165) is 52.9 Å². The molecule has 0 spiro atoms. The Morgan fingerprint density at radius 3 is 2.67 bits per heavy atom. The van der Waals surface area contributed by atoms with E-state index in [4.69, 9.17) is 15.5 Å². The lowest BCUT2D eigenvalue weighted by Gasteiger charge is -2.06. The number of aromatic nitrogens is 1. The van der Waals surface area contributed by atoms with Crippen LogP contribution in [-0.4, -0.2) is 23.8 Å². The van der Waals surface area contributed by atoms with Gasteiger partial charge in [0.1, 0.15) is 15.5 Å². The highest BCUT2D eigenvalue weighted by Gasteiger charge is 2.20. The molecule has 0 saturated carbocycles. The lowest BCUT2D eigenvalue weighted by atomic mass is 10.1. The predicted molar refractivity (Wildman–Crippen MR) is 146 cm³/mol. The number of hydrogen-bond acceptors (Lipinski definition) is 6. The number of allylic oxidation sites excluding steroid dienone is 1. The number of pyridine rings is 1. The molecule has 0 atom stereocenters. The predicted octanol–water partition coefficient (Wildman–Crippen LogP) is 6.30. The van der Waals surface area contributed by atoms with Gasteiger partial charge in [-0.25, -0.2) is 4.98 Å². The Hall–Kier alpha value is -3.97. The van der Waals surface area contributed by atoms with Crippen LogP contribution >= 0.6 is 11.3 Å². The molecule has 5 rings (SSSR count). The first-order valence-corrected chi connectivity index (χ1v) is 12.8. The Morgan fingerprint density at radius 1 is 1.06 bits per heavy atom. The molecule has 0 aliphatic heterocycles. The van der Waals surface area contributed by atoms with Gasteiger partial charge in [0.25, 0.3) is 5.91 Å². The summed E-state index contributed by atoms with van der Waals surface area (Å²) >= 11 is 1.33. The summed E-state index contributed by atoms with van der Waals surface area (Å²) in [7, 11) is 1.61. The molecule has 6 nitrogen and oxygen atoms in total. The van der Waals surface area contributed by atoms with Gasteiger partial charge in [-0.15, -0.1) is 11.3 Å². The molecule has 2 heterocycles. The van der Waals surface area contributed by atoms with Crippen LogP contribution in [-0.2, 0) is 12.8 Å². The molecule has 4 aromatic rings. The number of nitrogens with one attached hydrogen (secondary N) is 1. The molecule has 1 aliphatic carbocycles. The minimum absolute atomic E-state index is 0.129. The number of hydrogen-bond donors (Lipinski definition) is 2. The van der Waals surface area contributed by atoms with E-state index < -0.39 is 0 Å². The number of thiophene rings is 1. The topological polar surface area (TPSA) is 94.3 Å². The molecule has 0 unspecified atom stereocenters. The highest BCUT2D eigenvalue weighted by Crippen LogP contribution is 2.35. The Bertz CT molecular complexity index is 1470. The van der Waals surface area contributed by atoms with Gasteiger partial charge in [0, 0.05) is 22.3 Å². The van der Waals surface area contributed by atoms with Gasteiger partial charge in [0.05, 0.1) is 12.8 Å². The van der Waals surface area contributed by atoms with Crippen molar-refractivity contribution in [2.45, 2.75) is 32.1 Å². The summed E-state index contributed by atoms with van der Waals surface area (Å²) < 4.78 is 5.21. The summed E-state index contributed by atoms with van der Waals surface area (Å²) in [6, 6.07) is 16.4. The maximum Gasteiger partial charge on any atom is 0.267 e. The maximum absolute atomic E-state index is 13.0. The van der Waals surface area contributed by atoms with Crippen LogP contribution in [0.25, 0.3) is 16.3 Å². The van der Waals surface area contributed by atoms with Gasteiger partial charge in [-0.3, -0.25) is 9.59 Å². The quantitative estimate of drug-likeness (QED) is 0.185. The van der Waals surface area contributed by atoms with Crippen LogP contribution in [0.1, 0.15) is 56.1 Å². The second-order valence-corrected chi connectivity index (χ2v) is 9.86. The van der Waals surface area contributed by atoms with Gasteiger partial charge in [0.2, 0.25) is 0 Å². The first-order chi connectivity index (χ1) is 17.5. The number of anilines is 2. The summed E-state index contributed by atoms with van der Waals surface area (Å²) in [4.78, 5) is 31.7. The van der Waals surface area contributed by atoms with Crippen molar-refractivity contribution in [1.82, 2.24) is 4.98 Å². The highest BCUT2D eigenvalue weighted by atomic mass is 32.1. The number of nitrogens with two attached hydrogens (primary N) is 1. The zero-order valence-corrected chi connectivity index (χ0v) is 20.9. The fourth-order valence-corrected chi connectivity index (χ4v) is 5.42. The SMILES string of the molecule is COc1cccc(C=CC(=O)c2ccc(NC(=O)c3sc4nc5c(cc4c3N)CCCCC5)cc2)c1. The fourth-order valence-electron chi connectivity index (χ4n) is 4.42. The smallest absolute Gasteiger partial charge is 0.267 e. The number of carbonyl (C=O) groups is 2. The summed E-state index contributed by atoms with van der Waals surface area (Å²) in [5.74, 6) is 0.327. The van der Waals surface area contributed by atoms with Gasteiger partial charge in [0.15, 0.2) is 5.78 Å². The molecule has 3 N–H and O–H groups in total. The molecule has 36 heavy (non-hydrogen) atoms. The number of amides is 1. The number of ketones is 1. The summed E-state index contributed by atoms with van der Waals surface area (Å²) in [5.41, 5.74) is 11.2. The lowest BCUT2D eigenvalue weighted by Crippen LogP contribution is -2.12. The van der Waals surface area contributed by atoms with Crippen LogP contribution in [0.3, 0.4) is 0 Å². The standard InChI is InChI=1S/C29H27N3O3S/c1-35-22-8-5-6-18(16-22)10-15-25(33)19-11-13-21(14-12-19)31-28(34)27-26(30)23-17-20-7-3-2-4-9-24(20)32-29(23)36-27/h5-6,8,10-17H,2-4,7,9,30H2,1H3,(H,31,34). The zero-order valence-electron chi connectivity index (χ0n) is 20.0. The number of aryl methyl sites for hydroxylation is 2. The monoisotopic (exact) mass is 497 g/mol. The largest absolute Gasteiger partial charge is 0.497 e. The molecule has 2 aromatic heterocycles. The molecule has 0 saturated heterocycles. The lowest BCUT2D eigenvalue weighted by molar-refractivity contribution is 0.102. The number of fused-ring (bicyclic) bond motifs is 2. The third-order valence-corrected chi connectivity index (χ3v) is 7.52. The van der Waals surface area contributed by atoms with Gasteiger partial charge < -0.3 is 15.8 Å². The molecule has 0 fully saturated rings. The van der Waals surface area contributed by atoms with Crippen molar-refractivity contribution in [3.05, 3.63) is 87.9 Å². The molecule has 1 aliphatic rings. The van der Waals surface area contributed by atoms with Gasteiger partial charge in [-0.1, -0.05) is 24.6 Å². The Labute approximate surface area is 213 Å². The van der Waals surface area contributed by atoms with Crippen molar-refractivity contribution in [3.63, 3.8) is 0 Å². The molecular weight excluding hydrogens is 470 g/mol. The average molecular weight is 498 g/mol. The number of rotatable bonds is 6. The number of ether oxygens (including phenoxy) is 1. The molecule has 0 radical (unpaired) electrons. The highest BCUT2D eigenvalue weighted by molar-refractivity contribution is 7.21. The summed E-state index contributed by atoms with van der Waals surface area (Å²) in [5, 5.41) is 3.75. The average Bonchev–Trinajstić information content (AvgIpc) is 3.06. The molecular formula is C29H27N3O3S. The van der Waals surface area contributed by atoms with Crippen LogP contribution in [0.5, 0.6) is 5.75 Å². The number of carbonyl (C=O) groups excluding carboxylic acids is 2. The summed E-state index contributed by atoms with van der Waals surface area (Å²) in [6.45, 7) is 0. The zero-order chi connectivity index (χ0) is 25.1. The Balaban J connectivity index is 1.29. The van der Waals surface area contributed by atoms with Crippen molar-refractivity contribution in [1.29, 1.82) is 0 Å². The van der Waals surface area contributed by atoms with Crippen molar-refractivity contribution in [2.75, 3.05) is 18.2 Å². The van der Waals surface area contributed by atoms with E-state index in [1.165, 1.54) is 29.4 Å². The number of methoxy groups -OCH3 is 1. The van der Waals surface area contributed by atoms with E-state index in [1.54, 1.807) is 37.5 Å². The van der Waals surface area contributed by atoms with E-state index in [1.807, 2.05) is 24.3 Å². The molecule has 0 bridgehead atoms. The van der Waals surface area contributed by atoms with Gasteiger partial charge in [-0.05, 0) is 85.4 Å². The number of benzene rings is 2. The molecule has 2 aromatic carbocycles. The van der Waals surface area contributed by atoms with Crippen LogP contribution < -0.4 is 15.8 Å². The van der Waals surface area contributed by atoms with E-state index in [-0.39, 0.29) is 11.7 Å². The van der Waals surface area contributed by atoms with Crippen LogP contribution in [0.4, 0.5) is 11.4 Å². The van der Waals surface area contributed by atoms with Crippen molar-refractivity contribution in [2.24, 2.45) is 0 Å². The van der Waals surface area contributed by atoms with E-state index in [9.17, 15) is 9.59 Å². The van der Waals surface area contributed by atoms with E-state index in [0.29, 0.717) is 21.8 Å². The fraction of sp³-hybridized carbons (Fsp3) is 0.207. The van der Waals surface area contributed by atoms with Crippen molar-refractivity contribution in [3.8, 4) is 5.75 Å². The number of nitrogen functional groups attached to an aromatic ring is 1. The minimum atomic E-state index is -0.275. The Morgan fingerprint density at radius 2 is 1.86 bits per heavy atom. The van der Waals surface area contributed by atoms with E-state index in [2.05, 4.69) is 11.4 Å². The second kappa shape index (κ2) is 10.3. The van der Waals surface area contributed by atoms with Crippen LogP contribution in [0.15, 0.2) is 60.7 Å². The van der Waals surface area contributed by atoms with E-state index >= 15 is 0 Å². The van der Waals surface area contributed by atoms with Gasteiger partial charge in [-0.2, -0.15) is 0 Å². The first-order valence-electron chi connectivity index (χ1n) is 12.0. The Kier molecular flexibility index (Phi) is 6.82. The molecule has 1 amide bonds. The normalized spacial score (nSPS) is 13.4. The maximum atomic E-state index is 13.0. The van der Waals surface area contributed by atoms with Crippen molar-refractivity contribution < 1.29 is 14.3 Å². The third-order valence-electron chi connectivity index (χ3n) is 6.40.